The maximum absolute atomic E-state index is 12.8. The molecule has 2 unspecified atom stereocenters. The first-order valence-electron chi connectivity index (χ1n) is 6.56. The van der Waals surface area contributed by atoms with Crippen LogP contribution >= 0.6 is 0 Å². The number of aliphatic hydroxyl groups is 1. The van der Waals surface area contributed by atoms with Gasteiger partial charge in [-0.2, -0.15) is 13.2 Å². The Hall–Kier alpha value is -1.83. The Bertz CT molecular complexity index is 534. The van der Waals surface area contributed by atoms with Gasteiger partial charge < -0.3 is 10.4 Å². The molecule has 1 aliphatic rings. The van der Waals surface area contributed by atoms with Crippen molar-refractivity contribution in [3.63, 3.8) is 0 Å². The van der Waals surface area contributed by atoms with E-state index in [0.29, 0.717) is 13.0 Å². The summed E-state index contributed by atoms with van der Waals surface area (Å²) in [7, 11) is 0. The van der Waals surface area contributed by atoms with Crippen molar-refractivity contribution in [2.45, 2.75) is 31.5 Å². The van der Waals surface area contributed by atoms with E-state index >= 15 is 0 Å². The Morgan fingerprint density at radius 1 is 1.38 bits per heavy atom. The number of hydrogen-bond donors (Lipinski definition) is 2. The highest BCUT2D eigenvalue weighted by atomic mass is 19.4. The van der Waals surface area contributed by atoms with Crippen molar-refractivity contribution >= 4 is 11.4 Å². The summed E-state index contributed by atoms with van der Waals surface area (Å²) in [5.41, 5.74) is -2.08. The zero-order chi connectivity index (χ0) is 15.6. The summed E-state index contributed by atoms with van der Waals surface area (Å²) >= 11 is 0. The van der Waals surface area contributed by atoms with E-state index in [9.17, 15) is 28.4 Å². The highest BCUT2D eigenvalue weighted by molar-refractivity contribution is 5.55. The van der Waals surface area contributed by atoms with E-state index in [1.54, 1.807) is 0 Å². The fourth-order valence-corrected chi connectivity index (χ4v) is 2.54. The van der Waals surface area contributed by atoms with Crippen molar-refractivity contribution in [2.75, 3.05) is 11.9 Å². The van der Waals surface area contributed by atoms with E-state index in [1.165, 1.54) is 6.07 Å². The molecule has 2 N–H and O–H groups in total. The van der Waals surface area contributed by atoms with Crippen LogP contribution in [0.4, 0.5) is 24.5 Å². The molecule has 1 saturated carbocycles. The topological polar surface area (TPSA) is 75.4 Å². The lowest BCUT2D eigenvalue weighted by Crippen LogP contribution is -2.22. The van der Waals surface area contributed by atoms with Crippen LogP contribution in [0.2, 0.25) is 0 Å². The fraction of sp³-hybridized carbons (Fsp3) is 0.538. The Kier molecular flexibility index (Phi) is 4.36. The van der Waals surface area contributed by atoms with Gasteiger partial charge in [0.1, 0.15) is 5.56 Å². The molecule has 0 bridgehead atoms. The first-order valence-corrected chi connectivity index (χ1v) is 6.56. The van der Waals surface area contributed by atoms with Crippen LogP contribution in [0.15, 0.2) is 18.2 Å². The Balaban J connectivity index is 2.16. The SMILES string of the molecule is O=[N+]([O-])c1ccc(NCC2CCCC2O)cc1C(F)(F)F. The maximum Gasteiger partial charge on any atom is 0.423 e. The third-order valence-corrected chi connectivity index (χ3v) is 3.69. The first kappa shape index (κ1) is 15.6. The monoisotopic (exact) mass is 304 g/mol. The maximum atomic E-state index is 12.8. The molecule has 2 rings (SSSR count). The molecule has 1 fully saturated rings. The number of alkyl halides is 3. The number of nitrogens with one attached hydrogen (secondary N) is 1. The van der Waals surface area contributed by atoms with Crippen molar-refractivity contribution in [2.24, 2.45) is 5.92 Å². The third kappa shape index (κ3) is 3.63. The molecule has 5 nitrogen and oxygen atoms in total. The summed E-state index contributed by atoms with van der Waals surface area (Å²) in [6.45, 7) is 0.344. The molecule has 0 radical (unpaired) electrons. The van der Waals surface area contributed by atoms with Gasteiger partial charge in [0.2, 0.25) is 0 Å². The predicted molar refractivity (Wildman–Crippen MR) is 69.9 cm³/mol. The minimum absolute atomic E-state index is 0.00507. The predicted octanol–water partition coefficient (Wildman–Crippen LogP) is 3.19. The molecule has 116 valence electrons. The normalized spacial score (nSPS) is 22.3. The number of nitro groups is 1. The van der Waals surface area contributed by atoms with E-state index < -0.39 is 28.5 Å². The number of anilines is 1. The van der Waals surface area contributed by atoms with Crippen molar-refractivity contribution < 1.29 is 23.2 Å². The summed E-state index contributed by atoms with van der Waals surface area (Å²) in [4.78, 5) is 9.59. The van der Waals surface area contributed by atoms with Gasteiger partial charge >= 0.3 is 6.18 Å². The summed E-state index contributed by atoms with van der Waals surface area (Å²) in [6.07, 6.45) is -2.83. The molecule has 2 atom stereocenters. The number of nitro benzene ring substituents is 1. The third-order valence-electron chi connectivity index (χ3n) is 3.69. The smallest absolute Gasteiger partial charge is 0.393 e. The van der Waals surface area contributed by atoms with Gasteiger partial charge in [0.25, 0.3) is 5.69 Å². The van der Waals surface area contributed by atoms with Gasteiger partial charge in [-0.1, -0.05) is 6.42 Å². The van der Waals surface area contributed by atoms with Crippen molar-refractivity contribution in [3.8, 4) is 0 Å². The molecule has 1 aliphatic carbocycles. The molecule has 1 aromatic rings. The van der Waals surface area contributed by atoms with Crippen LogP contribution in [-0.4, -0.2) is 22.7 Å². The van der Waals surface area contributed by atoms with Crippen LogP contribution < -0.4 is 5.32 Å². The summed E-state index contributed by atoms with van der Waals surface area (Å²) in [5.74, 6) is -0.00507. The molecular formula is C13H15F3N2O3. The summed E-state index contributed by atoms with van der Waals surface area (Å²) in [6, 6.07) is 2.82. The molecule has 8 heteroatoms. The lowest BCUT2D eigenvalue weighted by molar-refractivity contribution is -0.388. The van der Waals surface area contributed by atoms with Gasteiger partial charge in [-0.15, -0.1) is 0 Å². The van der Waals surface area contributed by atoms with Gasteiger partial charge in [0, 0.05) is 24.2 Å². The zero-order valence-corrected chi connectivity index (χ0v) is 11.1. The minimum Gasteiger partial charge on any atom is -0.393 e. The number of nitrogens with zero attached hydrogens (tertiary/aromatic N) is 1. The molecule has 0 amide bonds. The number of hydrogen-bond acceptors (Lipinski definition) is 4. The second-order valence-corrected chi connectivity index (χ2v) is 5.13. The van der Waals surface area contributed by atoms with E-state index in [2.05, 4.69) is 5.32 Å². The van der Waals surface area contributed by atoms with E-state index in [1.807, 2.05) is 0 Å². The van der Waals surface area contributed by atoms with Gasteiger partial charge in [-0.3, -0.25) is 10.1 Å². The Morgan fingerprint density at radius 3 is 2.62 bits per heavy atom. The van der Waals surface area contributed by atoms with Crippen LogP contribution in [0.3, 0.4) is 0 Å². The second-order valence-electron chi connectivity index (χ2n) is 5.13. The van der Waals surface area contributed by atoms with E-state index in [0.717, 1.165) is 25.0 Å². The molecule has 0 aromatic heterocycles. The average molecular weight is 304 g/mol. The number of rotatable bonds is 4. The lowest BCUT2D eigenvalue weighted by atomic mass is 10.1. The summed E-state index contributed by atoms with van der Waals surface area (Å²) < 4.78 is 38.5. The van der Waals surface area contributed by atoms with E-state index in [4.69, 9.17) is 0 Å². The Labute approximate surface area is 118 Å². The number of benzene rings is 1. The molecule has 21 heavy (non-hydrogen) atoms. The fourth-order valence-electron chi connectivity index (χ4n) is 2.54. The van der Waals surface area contributed by atoms with E-state index in [-0.39, 0.29) is 11.6 Å². The van der Waals surface area contributed by atoms with Crippen molar-refractivity contribution in [1.29, 1.82) is 0 Å². The Morgan fingerprint density at radius 2 is 2.10 bits per heavy atom. The van der Waals surface area contributed by atoms with Crippen LogP contribution in [0.25, 0.3) is 0 Å². The first-order chi connectivity index (χ1) is 9.79. The second kappa shape index (κ2) is 5.88. The average Bonchev–Trinajstić information content (AvgIpc) is 2.80. The summed E-state index contributed by atoms with van der Waals surface area (Å²) in [5, 5.41) is 23.1. The van der Waals surface area contributed by atoms with Gasteiger partial charge in [0.05, 0.1) is 11.0 Å². The molecule has 0 saturated heterocycles. The van der Waals surface area contributed by atoms with Gasteiger partial charge in [-0.05, 0) is 25.0 Å². The largest absolute Gasteiger partial charge is 0.423 e. The van der Waals surface area contributed by atoms with Crippen LogP contribution in [0.1, 0.15) is 24.8 Å². The molecule has 0 aliphatic heterocycles. The minimum atomic E-state index is -4.78. The van der Waals surface area contributed by atoms with Crippen LogP contribution in [0.5, 0.6) is 0 Å². The standard InChI is InChI=1S/C13H15F3N2O3/c14-13(15,16)10-6-9(4-5-11(10)18(20)21)17-7-8-2-1-3-12(8)19/h4-6,8,12,17,19H,1-3,7H2. The molecular weight excluding hydrogens is 289 g/mol. The van der Waals surface area contributed by atoms with Crippen molar-refractivity contribution in [1.82, 2.24) is 0 Å². The van der Waals surface area contributed by atoms with Gasteiger partial charge in [0.15, 0.2) is 0 Å². The highest BCUT2D eigenvalue weighted by Crippen LogP contribution is 2.37. The highest BCUT2D eigenvalue weighted by Gasteiger charge is 2.38. The lowest BCUT2D eigenvalue weighted by Gasteiger charge is -2.17. The molecule has 0 heterocycles. The van der Waals surface area contributed by atoms with Crippen LogP contribution in [-0.2, 0) is 6.18 Å². The van der Waals surface area contributed by atoms with Crippen LogP contribution in [0, 0.1) is 16.0 Å². The zero-order valence-electron chi connectivity index (χ0n) is 11.1. The quantitative estimate of drug-likeness (QED) is 0.661. The molecule has 0 spiro atoms. The van der Waals surface area contributed by atoms with Gasteiger partial charge in [-0.25, -0.2) is 0 Å². The number of halogens is 3. The van der Waals surface area contributed by atoms with Crippen molar-refractivity contribution in [3.05, 3.63) is 33.9 Å². The number of aliphatic hydroxyl groups excluding tert-OH is 1. The molecule has 1 aromatic carbocycles.